The number of Topliss-reactive ketones (excluding diaryl/α,β-unsaturated/α-hetero) is 1. The second-order valence-corrected chi connectivity index (χ2v) is 2.77. The van der Waals surface area contributed by atoms with E-state index >= 15 is 0 Å². The molecule has 2 aliphatic heterocycles. The predicted molar refractivity (Wildman–Crippen MR) is 37.2 cm³/mol. The van der Waals surface area contributed by atoms with Gasteiger partial charge in [-0.25, -0.2) is 0 Å². The number of azide groups is 1. The van der Waals surface area contributed by atoms with Crippen molar-refractivity contribution in [2.45, 2.75) is 24.9 Å². The van der Waals surface area contributed by atoms with Crippen molar-refractivity contribution < 1.29 is 14.3 Å². The normalized spacial score (nSPS) is 39.3. The molecule has 12 heavy (non-hydrogen) atoms. The van der Waals surface area contributed by atoms with Gasteiger partial charge < -0.3 is 9.47 Å². The molecule has 0 radical (unpaired) electrons. The molecule has 0 N–H and O–H groups in total. The van der Waals surface area contributed by atoms with E-state index in [1.807, 2.05) is 0 Å². The van der Waals surface area contributed by atoms with Gasteiger partial charge >= 0.3 is 0 Å². The maximum atomic E-state index is 11.1. The highest BCUT2D eigenvalue weighted by molar-refractivity contribution is 5.85. The third kappa shape index (κ3) is 1.06. The summed E-state index contributed by atoms with van der Waals surface area (Å²) in [5.41, 5.74) is 8.17. The number of nitrogens with zero attached hydrogens (tertiary/aromatic N) is 3. The third-order valence-electron chi connectivity index (χ3n) is 1.99. The first-order chi connectivity index (χ1) is 5.81. The average Bonchev–Trinajstić information content (AvgIpc) is 2.46. The van der Waals surface area contributed by atoms with E-state index < -0.39 is 18.4 Å². The summed E-state index contributed by atoms with van der Waals surface area (Å²) >= 11 is 0. The van der Waals surface area contributed by atoms with E-state index in [9.17, 15) is 4.79 Å². The van der Waals surface area contributed by atoms with Crippen LogP contribution in [0.1, 0.15) is 6.42 Å². The van der Waals surface area contributed by atoms with Crippen molar-refractivity contribution in [3.8, 4) is 0 Å². The number of carbonyl (C=O) groups excluding carboxylic acids is 1. The lowest BCUT2D eigenvalue weighted by Crippen LogP contribution is -2.37. The molecule has 64 valence electrons. The van der Waals surface area contributed by atoms with Crippen molar-refractivity contribution in [1.82, 2.24) is 0 Å². The summed E-state index contributed by atoms with van der Waals surface area (Å²) in [6, 6.07) is -0.485. The largest absolute Gasteiger partial charge is 0.349 e. The maximum absolute atomic E-state index is 11.1. The minimum Gasteiger partial charge on any atom is -0.349 e. The van der Waals surface area contributed by atoms with E-state index in [0.717, 1.165) is 0 Å². The molecule has 2 heterocycles. The Morgan fingerprint density at radius 1 is 1.67 bits per heavy atom. The standard InChI is InChI=1S/C6H7N3O3/c7-9-8-3-1-4(10)5-2-11-6(3)12-5/h3,5-6H,1-2H2/t3-,5-,6-/m0/s1. The van der Waals surface area contributed by atoms with Gasteiger partial charge in [0.15, 0.2) is 12.1 Å². The van der Waals surface area contributed by atoms with Crippen molar-refractivity contribution in [2.24, 2.45) is 5.11 Å². The second-order valence-electron chi connectivity index (χ2n) is 2.77. The Morgan fingerprint density at radius 3 is 3.25 bits per heavy atom. The van der Waals surface area contributed by atoms with Gasteiger partial charge in [-0.2, -0.15) is 0 Å². The molecule has 2 saturated heterocycles. The number of ether oxygens (including phenoxy) is 2. The van der Waals surface area contributed by atoms with Gasteiger partial charge in [0.25, 0.3) is 0 Å². The van der Waals surface area contributed by atoms with Crippen LogP contribution in [0, 0.1) is 0 Å². The third-order valence-corrected chi connectivity index (χ3v) is 1.99. The molecule has 0 aromatic carbocycles. The van der Waals surface area contributed by atoms with Gasteiger partial charge in [-0.05, 0) is 5.53 Å². The smallest absolute Gasteiger partial charge is 0.167 e. The van der Waals surface area contributed by atoms with Gasteiger partial charge in [0.05, 0.1) is 12.6 Å². The first-order valence-corrected chi connectivity index (χ1v) is 3.65. The van der Waals surface area contributed by atoms with Gasteiger partial charge in [0, 0.05) is 11.3 Å². The Kier molecular flexibility index (Phi) is 1.73. The van der Waals surface area contributed by atoms with Crippen molar-refractivity contribution in [1.29, 1.82) is 0 Å². The van der Waals surface area contributed by atoms with Crippen LogP contribution in [0.4, 0.5) is 0 Å². The number of hydrogen-bond acceptors (Lipinski definition) is 4. The van der Waals surface area contributed by atoms with Crippen LogP contribution in [0.5, 0.6) is 0 Å². The van der Waals surface area contributed by atoms with Crippen molar-refractivity contribution in [2.75, 3.05) is 6.61 Å². The summed E-state index contributed by atoms with van der Waals surface area (Å²) < 4.78 is 10.2. The van der Waals surface area contributed by atoms with Crippen LogP contribution in [0.25, 0.3) is 10.4 Å². The summed E-state index contributed by atoms with van der Waals surface area (Å²) in [7, 11) is 0. The first kappa shape index (κ1) is 7.54. The molecular formula is C6H7N3O3. The molecule has 2 bridgehead atoms. The number of fused-ring (bicyclic) bond motifs is 2. The lowest BCUT2D eigenvalue weighted by molar-refractivity contribution is -0.144. The topological polar surface area (TPSA) is 84.3 Å². The molecule has 0 saturated carbocycles. The van der Waals surface area contributed by atoms with Gasteiger partial charge in [0.1, 0.15) is 6.10 Å². The quantitative estimate of drug-likeness (QED) is 0.323. The van der Waals surface area contributed by atoms with Gasteiger partial charge in [-0.1, -0.05) is 5.11 Å². The molecule has 6 heteroatoms. The zero-order valence-corrected chi connectivity index (χ0v) is 6.21. The van der Waals surface area contributed by atoms with E-state index in [1.54, 1.807) is 0 Å². The minimum atomic E-state index is -0.511. The number of hydrogen-bond donors (Lipinski definition) is 0. The summed E-state index contributed by atoms with van der Waals surface area (Å²) in [6.45, 7) is 0.293. The highest BCUT2D eigenvalue weighted by Gasteiger charge is 2.42. The summed E-state index contributed by atoms with van der Waals surface area (Å²) in [6.07, 6.45) is -0.705. The fraction of sp³-hybridized carbons (Fsp3) is 0.833. The Bertz CT molecular complexity index is 261. The lowest BCUT2D eigenvalue weighted by Gasteiger charge is -2.22. The Balaban J connectivity index is 2.17. The van der Waals surface area contributed by atoms with Gasteiger partial charge in [0.2, 0.25) is 0 Å². The summed E-state index contributed by atoms with van der Waals surface area (Å²) in [4.78, 5) is 13.8. The summed E-state index contributed by atoms with van der Waals surface area (Å²) in [5, 5.41) is 3.42. The van der Waals surface area contributed by atoms with E-state index in [2.05, 4.69) is 10.0 Å². The molecule has 0 aromatic heterocycles. The zero-order chi connectivity index (χ0) is 8.55. The maximum Gasteiger partial charge on any atom is 0.167 e. The van der Waals surface area contributed by atoms with Gasteiger partial charge in [-0.15, -0.1) is 0 Å². The van der Waals surface area contributed by atoms with Crippen LogP contribution in [-0.2, 0) is 14.3 Å². The molecule has 0 aliphatic carbocycles. The predicted octanol–water partition coefficient (Wildman–Crippen LogP) is 0.380. The van der Waals surface area contributed by atoms with Crippen molar-refractivity contribution >= 4 is 5.78 Å². The molecular weight excluding hydrogens is 162 g/mol. The van der Waals surface area contributed by atoms with Crippen molar-refractivity contribution in [3.63, 3.8) is 0 Å². The fourth-order valence-corrected chi connectivity index (χ4v) is 1.39. The molecule has 2 rings (SSSR count). The Hall–Kier alpha value is -1.10. The van der Waals surface area contributed by atoms with Crippen LogP contribution >= 0.6 is 0 Å². The molecule has 2 fully saturated rings. The fourth-order valence-electron chi connectivity index (χ4n) is 1.39. The number of ketones is 1. The number of carbonyl (C=O) groups is 1. The zero-order valence-electron chi connectivity index (χ0n) is 6.21. The SMILES string of the molecule is [N-]=[N+]=N[C@H]1CC(=O)[C@@H]2CO[C@H]1O2. The highest BCUT2D eigenvalue weighted by atomic mass is 16.7. The number of rotatable bonds is 1. The highest BCUT2D eigenvalue weighted by Crippen LogP contribution is 2.26. The van der Waals surface area contributed by atoms with E-state index in [1.165, 1.54) is 0 Å². The van der Waals surface area contributed by atoms with Crippen LogP contribution in [0.3, 0.4) is 0 Å². The monoisotopic (exact) mass is 169 g/mol. The van der Waals surface area contributed by atoms with Crippen LogP contribution in [0.15, 0.2) is 5.11 Å². The van der Waals surface area contributed by atoms with E-state index in [-0.39, 0.29) is 12.2 Å². The average molecular weight is 169 g/mol. The molecule has 3 atom stereocenters. The van der Waals surface area contributed by atoms with Gasteiger partial charge in [-0.3, -0.25) is 4.79 Å². The summed E-state index contributed by atoms with van der Waals surface area (Å²) in [5.74, 6) is -0.0406. The van der Waals surface area contributed by atoms with E-state index in [4.69, 9.17) is 15.0 Å². The van der Waals surface area contributed by atoms with Crippen LogP contribution in [-0.4, -0.2) is 30.8 Å². The molecule has 0 unspecified atom stereocenters. The Morgan fingerprint density at radius 2 is 2.50 bits per heavy atom. The molecule has 0 amide bonds. The van der Waals surface area contributed by atoms with Crippen LogP contribution in [0.2, 0.25) is 0 Å². The molecule has 6 nitrogen and oxygen atoms in total. The lowest BCUT2D eigenvalue weighted by atomic mass is 10.1. The molecule has 0 spiro atoms. The van der Waals surface area contributed by atoms with Crippen molar-refractivity contribution in [3.05, 3.63) is 10.4 Å². The molecule has 0 aromatic rings. The van der Waals surface area contributed by atoms with E-state index in [0.29, 0.717) is 6.61 Å². The van der Waals surface area contributed by atoms with Crippen LogP contribution < -0.4 is 0 Å². The Labute approximate surface area is 68.1 Å². The minimum absolute atomic E-state index is 0.0406. The first-order valence-electron chi connectivity index (χ1n) is 3.65. The second kappa shape index (κ2) is 2.75. The molecule has 2 aliphatic rings.